The molecule has 0 unspecified atom stereocenters. The van der Waals surface area contributed by atoms with E-state index >= 15 is 0 Å². The number of hydrogen-bond donors (Lipinski definition) is 0. The summed E-state index contributed by atoms with van der Waals surface area (Å²) in [6.07, 6.45) is 10.0. The van der Waals surface area contributed by atoms with E-state index in [9.17, 15) is 0 Å². The van der Waals surface area contributed by atoms with E-state index in [1.807, 2.05) is 12.2 Å². The van der Waals surface area contributed by atoms with Crippen molar-refractivity contribution in [3.63, 3.8) is 0 Å². The molecular weight excluding hydrogens is 293 g/mol. The van der Waals surface area contributed by atoms with E-state index in [2.05, 4.69) is 12.2 Å². The molecule has 0 saturated heterocycles. The van der Waals surface area contributed by atoms with E-state index in [-0.39, 0.29) is 75.8 Å². The van der Waals surface area contributed by atoms with Crippen molar-refractivity contribution in [1.29, 1.82) is 0 Å². The second-order valence-corrected chi connectivity index (χ2v) is 1.00. The van der Waals surface area contributed by atoms with Crippen molar-refractivity contribution in [1.82, 2.24) is 0 Å². The van der Waals surface area contributed by atoms with Crippen LogP contribution < -0.4 is 0 Å². The van der Waals surface area contributed by atoms with E-state index in [0.717, 1.165) is 6.42 Å². The Hall–Kier alpha value is 1.52. The fourth-order valence-electron chi connectivity index (χ4n) is 0.340. The zero-order chi connectivity index (χ0) is 3.54. The summed E-state index contributed by atoms with van der Waals surface area (Å²) in [6, 6.07) is 0. The largest absolute Gasteiger partial charge is 0.273 e. The minimum absolute atomic E-state index is 0. The van der Waals surface area contributed by atoms with Crippen LogP contribution in [0.25, 0.3) is 0 Å². The van der Waals surface area contributed by atoms with Crippen molar-refractivity contribution in [3.8, 4) is 0 Å². The summed E-state index contributed by atoms with van der Waals surface area (Å²) < 4.78 is 0. The zero-order valence-electron chi connectivity index (χ0n) is 5.07. The van der Waals surface area contributed by atoms with Gasteiger partial charge in [0.1, 0.15) is 0 Å². The fourth-order valence-corrected chi connectivity index (χ4v) is 0.340. The third-order valence-corrected chi connectivity index (χ3v) is 0.586. The molecular formula is C5H9Cl4Zr-. The SMILES string of the molecule is Cl.Cl.Cl.Cl.[C-]1=CC=CC1.[Zr]. The van der Waals surface area contributed by atoms with E-state index < -0.39 is 0 Å². The van der Waals surface area contributed by atoms with Crippen LogP contribution in [0.5, 0.6) is 0 Å². The molecule has 0 heterocycles. The van der Waals surface area contributed by atoms with Crippen molar-refractivity contribution in [2.45, 2.75) is 6.42 Å². The molecule has 0 spiro atoms. The summed E-state index contributed by atoms with van der Waals surface area (Å²) in [5.41, 5.74) is 0. The van der Waals surface area contributed by atoms with Crippen LogP contribution in [0.1, 0.15) is 6.42 Å². The van der Waals surface area contributed by atoms with E-state index in [0.29, 0.717) is 0 Å². The van der Waals surface area contributed by atoms with Crippen molar-refractivity contribution < 1.29 is 26.2 Å². The van der Waals surface area contributed by atoms with Crippen LogP contribution in [-0.2, 0) is 26.2 Å². The van der Waals surface area contributed by atoms with Crippen molar-refractivity contribution in [3.05, 3.63) is 24.3 Å². The van der Waals surface area contributed by atoms with Crippen molar-refractivity contribution in [2.75, 3.05) is 0 Å². The first-order valence-electron chi connectivity index (χ1n) is 1.72. The molecule has 1 aliphatic carbocycles. The summed E-state index contributed by atoms with van der Waals surface area (Å²) in [5, 5.41) is 0. The van der Waals surface area contributed by atoms with Crippen LogP contribution in [0.3, 0.4) is 0 Å². The Morgan fingerprint density at radius 3 is 1.60 bits per heavy atom. The topological polar surface area (TPSA) is 0 Å². The molecule has 5 heteroatoms. The summed E-state index contributed by atoms with van der Waals surface area (Å²) in [7, 11) is 0. The predicted octanol–water partition coefficient (Wildman–Crippen LogP) is 2.99. The van der Waals surface area contributed by atoms with Gasteiger partial charge in [-0.1, -0.05) is 0 Å². The average Bonchev–Trinajstić information content (AvgIpc) is 1.76. The van der Waals surface area contributed by atoms with Gasteiger partial charge in [0.2, 0.25) is 0 Å². The maximum atomic E-state index is 2.99. The zero-order valence-corrected chi connectivity index (χ0v) is 10.8. The van der Waals surface area contributed by atoms with Crippen molar-refractivity contribution in [2.24, 2.45) is 0 Å². The van der Waals surface area contributed by atoms with Gasteiger partial charge in [-0.05, 0) is 0 Å². The van der Waals surface area contributed by atoms with Gasteiger partial charge >= 0.3 is 0 Å². The number of hydrogen-bond acceptors (Lipinski definition) is 0. The van der Waals surface area contributed by atoms with Gasteiger partial charge in [-0.15, -0.1) is 56.0 Å². The van der Waals surface area contributed by atoms with Crippen LogP contribution in [0.15, 0.2) is 18.2 Å². The van der Waals surface area contributed by atoms with Gasteiger partial charge in [0.25, 0.3) is 0 Å². The molecule has 0 fully saturated rings. The summed E-state index contributed by atoms with van der Waals surface area (Å²) in [6.45, 7) is 0. The van der Waals surface area contributed by atoms with E-state index in [4.69, 9.17) is 0 Å². The van der Waals surface area contributed by atoms with Crippen LogP contribution >= 0.6 is 49.6 Å². The maximum absolute atomic E-state index is 2.99. The fraction of sp³-hybridized carbons (Fsp3) is 0.200. The molecule has 1 rings (SSSR count). The predicted molar refractivity (Wildman–Crippen MR) is 50.6 cm³/mol. The van der Waals surface area contributed by atoms with E-state index in [1.54, 1.807) is 0 Å². The Labute approximate surface area is 106 Å². The normalized spacial score (nSPS) is 8.80. The quantitative estimate of drug-likeness (QED) is 0.604. The molecule has 10 heavy (non-hydrogen) atoms. The van der Waals surface area contributed by atoms with E-state index in [1.165, 1.54) is 0 Å². The Bertz CT molecular complexity index is 71.7. The molecule has 0 nitrogen and oxygen atoms in total. The number of halogens is 4. The van der Waals surface area contributed by atoms with Gasteiger partial charge < -0.3 is 0 Å². The molecule has 0 radical (unpaired) electrons. The molecule has 0 aromatic heterocycles. The molecule has 0 aromatic rings. The molecule has 62 valence electrons. The molecule has 1 aliphatic rings. The molecule has 0 atom stereocenters. The second kappa shape index (κ2) is 22.4. The monoisotopic (exact) mass is 299 g/mol. The molecule has 0 amide bonds. The smallest absolute Gasteiger partial charge is 0 e. The Morgan fingerprint density at radius 2 is 1.50 bits per heavy atom. The summed E-state index contributed by atoms with van der Waals surface area (Å²) in [5.74, 6) is 0. The first-order chi connectivity index (χ1) is 2.50. The Kier molecular flexibility index (Phi) is 67.3. The minimum Gasteiger partial charge on any atom is -0.273 e. The standard InChI is InChI=1S/C5H5.4ClH.Zr/c1-2-4-5-3-1;;;;;/h1-3H,4H2;4*1H;/q-1;;;;;. The van der Waals surface area contributed by atoms with Gasteiger partial charge in [0.15, 0.2) is 0 Å². The van der Waals surface area contributed by atoms with Gasteiger partial charge in [0.05, 0.1) is 0 Å². The third-order valence-electron chi connectivity index (χ3n) is 0.586. The average molecular weight is 302 g/mol. The summed E-state index contributed by atoms with van der Waals surface area (Å²) >= 11 is 0. The van der Waals surface area contributed by atoms with Crippen LogP contribution in [0.4, 0.5) is 0 Å². The van der Waals surface area contributed by atoms with Gasteiger partial charge in [-0.3, -0.25) is 6.08 Å². The first kappa shape index (κ1) is 30.0. The van der Waals surface area contributed by atoms with Crippen LogP contribution in [-0.4, -0.2) is 0 Å². The van der Waals surface area contributed by atoms with Gasteiger partial charge in [-0.2, -0.15) is 6.08 Å². The van der Waals surface area contributed by atoms with Crippen LogP contribution in [0.2, 0.25) is 0 Å². The maximum Gasteiger partial charge on any atom is 0 e. The van der Waals surface area contributed by atoms with Gasteiger partial charge in [-0.25, -0.2) is 12.2 Å². The molecule has 0 aromatic carbocycles. The first-order valence-corrected chi connectivity index (χ1v) is 1.72. The number of allylic oxidation sites excluding steroid dienone is 4. The number of rotatable bonds is 0. The minimum atomic E-state index is 0. The Balaban J connectivity index is -0.0000000167. The third kappa shape index (κ3) is 16.3. The molecule has 0 bridgehead atoms. The van der Waals surface area contributed by atoms with Gasteiger partial charge in [0, 0.05) is 26.2 Å². The second-order valence-electron chi connectivity index (χ2n) is 1.00. The Morgan fingerprint density at radius 1 is 1.00 bits per heavy atom. The molecule has 0 N–H and O–H groups in total. The molecule has 0 aliphatic heterocycles. The van der Waals surface area contributed by atoms with Crippen LogP contribution in [0, 0.1) is 6.08 Å². The molecule has 0 saturated carbocycles. The van der Waals surface area contributed by atoms with Crippen molar-refractivity contribution >= 4 is 49.6 Å². The summed E-state index contributed by atoms with van der Waals surface area (Å²) in [4.78, 5) is 0.